The lowest BCUT2D eigenvalue weighted by Crippen LogP contribution is -2.05. The summed E-state index contributed by atoms with van der Waals surface area (Å²) in [5.74, 6) is -0.309. The number of aliphatic hydroxyl groups is 1. The third kappa shape index (κ3) is 2.41. The number of hydrogen-bond acceptors (Lipinski definition) is 2. The molecule has 1 aromatic carbocycles. The summed E-state index contributed by atoms with van der Waals surface area (Å²) >= 11 is 0. The van der Waals surface area contributed by atoms with Crippen LogP contribution in [0.3, 0.4) is 0 Å². The van der Waals surface area contributed by atoms with Gasteiger partial charge in [0.25, 0.3) is 0 Å². The normalized spacial score (nSPS) is 12.5. The highest BCUT2D eigenvalue weighted by molar-refractivity contribution is 5.33. The van der Waals surface area contributed by atoms with E-state index in [0.717, 1.165) is 11.1 Å². The highest BCUT2D eigenvalue weighted by Gasteiger charge is 2.15. The first-order chi connectivity index (χ1) is 8.49. The van der Waals surface area contributed by atoms with E-state index in [1.807, 2.05) is 19.9 Å². The lowest BCUT2D eigenvalue weighted by atomic mass is 10.0. The summed E-state index contributed by atoms with van der Waals surface area (Å²) in [7, 11) is 0. The summed E-state index contributed by atoms with van der Waals surface area (Å²) in [6.45, 7) is 5.53. The second kappa shape index (κ2) is 4.86. The van der Waals surface area contributed by atoms with Crippen molar-refractivity contribution in [2.45, 2.75) is 26.9 Å². The standard InChI is InChI=1S/C15H16FNO/c1-9-6-11(3)14(17-8-9)15(18)12-5-4-10(2)13(16)7-12/h4-8,15,18H,1-3H3. The van der Waals surface area contributed by atoms with Gasteiger partial charge in [-0.15, -0.1) is 0 Å². The van der Waals surface area contributed by atoms with Crippen LogP contribution in [-0.4, -0.2) is 10.1 Å². The van der Waals surface area contributed by atoms with E-state index in [2.05, 4.69) is 4.98 Å². The van der Waals surface area contributed by atoms with Crippen molar-refractivity contribution in [1.29, 1.82) is 0 Å². The fraction of sp³-hybridized carbons (Fsp3) is 0.267. The van der Waals surface area contributed by atoms with Crippen LogP contribution in [0.15, 0.2) is 30.5 Å². The van der Waals surface area contributed by atoms with E-state index >= 15 is 0 Å². The van der Waals surface area contributed by atoms with Crippen molar-refractivity contribution in [2.24, 2.45) is 0 Å². The number of rotatable bonds is 2. The number of aromatic nitrogens is 1. The number of pyridine rings is 1. The van der Waals surface area contributed by atoms with Gasteiger partial charge in [0.05, 0.1) is 5.69 Å². The van der Waals surface area contributed by atoms with Crippen molar-refractivity contribution in [3.05, 3.63) is 64.2 Å². The van der Waals surface area contributed by atoms with Crippen LogP contribution in [0.1, 0.15) is 34.1 Å². The summed E-state index contributed by atoms with van der Waals surface area (Å²) < 4.78 is 13.5. The first kappa shape index (κ1) is 12.7. The van der Waals surface area contributed by atoms with Gasteiger partial charge in [-0.05, 0) is 49.1 Å². The Hall–Kier alpha value is -1.74. The fourth-order valence-corrected chi connectivity index (χ4v) is 1.95. The molecular formula is C15H16FNO. The fourth-order valence-electron chi connectivity index (χ4n) is 1.95. The summed E-state index contributed by atoms with van der Waals surface area (Å²) in [4.78, 5) is 4.23. The zero-order chi connectivity index (χ0) is 13.3. The molecule has 0 saturated heterocycles. The Morgan fingerprint density at radius 1 is 1.11 bits per heavy atom. The van der Waals surface area contributed by atoms with Crippen molar-refractivity contribution >= 4 is 0 Å². The number of benzene rings is 1. The SMILES string of the molecule is Cc1cnc(C(O)c2ccc(C)c(F)c2)c(C)c1. The Balaban J connectivity index is 2.41. The largest absolute Gasteiger partial charge is 0.382 e. The van der Waals surface area contributed by atoms with E-state index < -0.39 is 6.10 Å². The number of halogens is 1. The monoisotopic (exact) mass is 245 g/mol. The molecule has 94 valence electrons. The lowest BCUT2D eigenvalue weighted by Gasteiger charge is -2.14. The van der Waals surface area contributed by atoms with Gasteiger partial charge in [-0.2, -0.15) is 0 Å². The van der Waals surface area contributed by atoms with Crippen LogP contribution in [0, 0.1) is 26.6 Å². The summed E-state index contributed by atoms with van der Waals surface area (Å²) in [5, 5.41) is 10.2. The molecule has 0 fully saturated rings. The molecule has 1 atom stereocenters. The highest BCUT2D eigenvalue weighted by Crippen LogP contribution is 2.24. The summed E-state index contributed by atoms with van der Waals surface area (Å²) in [6.07, 6.45) is 0.816. The van der Waals surface area contributed by atoms with Crippen LogP contribution < -0.4 is 0 Å². The Bertz CT molecular complexity index is 581. The van der Waals surface area contributed by atoms with E-state index in [9.17, 15) is 9.50 Å². The number of aryl methyl sites for hydroxylation is 3. The molecule has 2 nitrogen and oxygen atoms in total. The molecule has 18 heavy (non-hydrogen) atoms. The van der Waals surface area contributed by atoms with E-state index in [-0.39, 0.29) is 5.82 Å². The van der Waals surface area contributed by atoms with Gasteiger partial charge < -0.3 is 5.11 Å². The van der Waals surface area contributed by atoms with E-state index in [0.29, 0.717) is 16.8 Å². The van der Waals surface area contributed by atoms with Gasteiger partial charge >= 0.3 is 0 Å². The molecule has 0 aliphatic rings. The number of nitrogens with zero attached hydrogens (tertiary/aromatic N) is 1. The Labute approximate surface area is 106 Å². The van der Waals surface area contributed by atoms with Crippen molar-refractivity contribution in [3.63, 3.8) is 0 Å². The second-order valence-electron chi connectivity index (χ2n) is 4.63. The van der Waals surface area contributed by atoms with Crippen LogP contribution in [0.2, 0.25) is 0 Å². The predicted octanol–water partition coefficient (Wildman–Crippen LogP) is 3.23. The molecule has 2 rings (SSSR count). The van der Waals surface area contributed by atoms with Gasteiger partial charge in [-0.1, -0.05) is 18.2 Å². The van der Waals surface area contributed by atoms with Crippen molar-refractivity contribution in [2.75, 3.05) is 0 Å². The zero-order valence-electron chi connectivity index (χ0n) is 10.7. The van der Waals surface area contributed by atoms with Gasteiger partial charge in [-0.3, -0.25) is 4.98 Å². The quantitative estimate of drug-likeness (QED) is 0.881. The Morgan fingerprint density at radius 3 is 2.44 bits per heavy atom. The zero-order valence-corrected chi connectivity index (χ0v) is 10.7. The maximum atomic E-state index is 13.5. The molecule has 0 aliphatic carbocycles. The number of hydrogen-bond donors (Lipinski definition) is 1. The maximum Gasteiger partial charge on any atom is 0.126 e. The van der Waals surface area contributed by atoms with Gasteiger partial charge in [0, 0.05) is 6.20 Å². The van der Waals surface area contributed by atoms with E-state index in [4.69, 9.17) is 0 Å². The van der Waals surface area contributed by atoms with Gasteiger partial charge in [0.2, 0.25) is 0 Å². The van der Waals surface area contributed by atoms with Crippen molar-refractivity contribution in [1.82, 2.24) is 4.98 Å². The third-order valence-electron chi connectivity index (χ3n) is 3.03. The summed E-state index contributed by atoms with van der Waals surface area (Å²) in [6, 6.07) is 6.71. The van der Waals surface area contributed by atoms with Gasteiger partial charge in [-0.25, -0.2) is 4.39 Å². The van der Waals surface area contributed by atoms with Gasteiger partial charge in [0.1, 0.15) is 11.9 Å². The van der Waals surface area contributed by atoms with Crippen molar-refractivity contribution in [3.8, 4) is 0 Å². The Kier molecular flexibility index (Phi) is 3.43. The molecule has 1 unspecified atom stereocenters. The molecule has 2 aromatic rings. The predicted molar refractivity (Wildman–Crippen MR) is 68.9 cm³/mol. The van der Waals surface area contributed by atoms with Crippen LogP contribution in [0.4, 0.5) is 4.39 Å². The first-order valence-electron chi connectivity index (χ1n) is 5.86. The van der Waals surface area contributed by atoms with Gasteiger partial charge in [0.15, 0.2) is 0 Å². The van der Waals surface area contributed by atoms with E-state index in [1.54, 1.807) is 25.3 Å². The molecule has 1 heterocycles. The molecule has 3 heteroatoms. The van der Waals surface area contributed by atoms with Crippen LogP contribution >= 0.6 is 0 Å². The van der Waals surface area contributed by atoms with Crippen LogP contribution in [-0.2, 0) is 0 Å². The highest BCUT2D eigenvalue weighted by atomic mass is 19.1. The van der Waals surface area contributed by atoms with E-state index in [1.165, 1.54) is 6.07 Å². The molecule has 0 aliphatic heterocycles. The molecule has 0 saturated carbocycles. The molecule has 0 bridgehead atoms. The van der Waals surface area contributed by atoms with Crippen LogP contribution in [0.5, 0.6) is 0 Å². The van der Waals surface area contributed by atoms with Crippen LogP contribution in [0.25, 0.3) is 0 Å². The lowest BCUT2D eigenvalue weighted by molar-refractivity contribution is 0.214. The smallest absolute Gasteiger partial charge is 0.126 e. The average molecular weight is 245 g/mol. The minimum absolute atomic E-state index is 0.309. The third-order valence-corrected chi connectivity index (χ3v) is 3.03. The molecule has 0 spiro atoms. The first-order valence-corrected chi connectivity index (χ1v) is 5.86. The molecule has 1 N–H and O–H groups in total. The number of aliphatic hydroxyl groups excluding tert-OH is 1. The molecule has 0 radical (unpaired) electrons. The van der Waals surface area contributed by atoms with Crippen molar-refractivity contribution < 1.29 is 9.50 Å². The Morgan fingerprint density at radius 2 is 1.83 bits per heavy atom. The molecular weight excluding hydrogens is 229 g/mol. The average Bonchev–Trinajstić information content (AvgIpc) is 2.32. The minimum Gasteiger partial charge on any atom is -0.382 e. The second-order valence-corrected chi connectivity index (χ2v) is 4.63. The topological polar surface area (TPSA) is 33.1 Å². The maximum absolute atomic E-state index is 13.5. The molecule has 0 amide bonds. The molecule has 1 aromatic heterocycles. The summed E-state index contributed by atoms with van der Waals surface area (Å²) in [5.41, 5.74) is 3.61. The minimum atomic E-state index is -0.888.